The molecule has 1 aromatic heterocycles. The van der Waals surface area contributed by atoms with E-state index in [9.17, 15) is 9.18 Å². The Morgan fingerprint density at radius 2 is 2.19 bits per heavy atom. The summed E-state index contributed by atoms with van der Waals surface area (Å²) in [4.78, 5) is 19.9. The van der Waals surface area contributed by atoms with Crippen LogP contribution in [0.4, 0.5) is 10.1 Å². The summed E-state index contributed by atoms with van der Waals surface area (Å²) in [5.41, 5.74) is 2.81. The van der Waals surface area contributed by atoms with Crippen LogP contribution in [-0.4, -0.2) is 41.7 Å². The molecule has 2 heterocycles. The fourth-order valence-corrected chi connectivity index (χ4v) is 3.00. The lowest BCUT2D eigenvalue weighted by Gasteiger charge is -2.22. The molecule has 2 aromatic carbocycles. The van der Waals surface area contributed by atoms with Gasteiger partial charge in [-0.15, -0.1) is 0 Å². The maximum Gasteiger partial charge on any atom is 0.254 e. The minimum Gasteiger partial charge on any atom is -0.366 e. The van der Waals surface area contributed by atoms with E-state index in [1.807, 2.05) is 12.1 Å². The Balaban J connectivity index is 1.50. The molecule has 3 N–H and O–H groups in total. The van der Waals surface area contributed by atoms with Crippen LogP contribution in [0.5, 0.6) is 0 Å². The number of halogens is 1. The summed E-state index contributed by atoms with van der Waals surface area (Å²) in [6.07, 6.45) is -0.109. The topological polar surface area (TPSA) is 79.0 Å². The molecule has 1 fully saturated rings. The van der Waals surface area contributed by atoms with E-state index in [-0.39, 0.29) is 11.7 Å². The summed E-state index contributed by atoms with van der Waals surface area (Å²) in [6.45, 7) is 1.79. The van der Waals surface area contributed by atoms with E-state index in [0.29, 0.717) is 36.6 Å². The van der Waals surface area contributed by atoms with Crippen molar-refractivity contribution in [2.45, 2.75) is 12.5 Å². The standard InChI is InChI=1S/C19H19FN4O2/c20-14-4-2-1-3-12(14)9-18-23-15-6-5-13(10-16(15)24-18)22-19(25)17-11-21-7-8-26-17/h1-6,10,17,21H,7-9,11H2,(H,22,25)(H,23,24)/t17-/m1/s1. The largest absolute Gasteiger partial charge is 0.366 e. The zero-order valence-electron chi connectivity index (χ0n) is 14.1. The second-order valence-electron chi connectivity index (χ2n) is 6.24. The van der Waals surface area contributed by atoms with E-state index in [4.69, 9.17) is 4.74 Å². The molecule has 6 nitrogen and oxygen atoms in total. The molecule has 134 valence electrons. The fraction of sp³-hybridized carbons (Fsp3) is 0.263. The second-order valence-corrected chi connectivity index (χ2v) is 6.24. The normalized spacial score (nSPS) is 17.3. The van der Waals surface area contributed by atoms with Crippen LogP contribution >= 0.6 is 0 Å². The number of nitrogens with zero attached hydrogens (tertiary/aromatic N) is 1. The molecule has 0 spiro atoms. The summed E-state index contributed by atoms with van der Waals surface area (Å²) in [6, 6.07) is 12.1. The summed E-state index contributed by atoms with van der Waals surface area (Å²) >= 11 is 0. The van der Waals surface area contributed by atoms with Gasteiger partial charge >= 0.3 is 0 Å². The van der Waals surface area contributed by atoms with Gasteiger partial charge in [0.25, 0.3) is 5.91 Å². The van der Waals surface area contributed by atoms with E-state index >= 15 is 0 Å². The smallest absolute Gasteiger partial charge is 0.254 e. The van der Waals surface area contributed by atoms with Gasteiger partial charge in [0.05, 0.1) is 17.6 Å². The van der Waals surface area contributed by atoms with Crippen molar-refractivity contribution in [2.75, 3.05) is 25.0 Å². The van der Waals surface area contributed by atoms with Crippen molar-refractivity contribution in [3.05, 3.63) is 59.7 Å². The molecule has 4 rings (SSSR count). The van der Waals surface area contributed by atoms with Gasteiger partial charge in [0.1, 0.15) is 17.7 Å². The monoisotopic (exact) mass is 354 g/mol. The highest BCUT2D eigenvalue weighted by atomic mass is 19.1. The molecule has 1 amide bonds. The quantitative estimate of drug-likeness (QED) is 0.671. The summed E-state index contributed by atoms with van der Waals surface area (Å²) in [7, 11) is 0. The SMILES string of the molecule is O=C(Nc1ccc2nc(Cc3ccccc3F)[nH]c2c1)[C@H]1CNCCO1. The molecule has 0 aliphatic carbocycles. The molecular weight excluding hydrogens is 335 g/mol. The molecule has 7 heteroatoms. The Labute approximate surface area is 149 Å². The number of ether oxygens (including phenoxy) is 1. The molecule has 0 bridgehead atoms. The molecule has 0 radical (unpaired) electrons. The van der Waals surface area contributed by atoms with Gasteiger partial charge in [-0.25, -0.2) is 9.37 Å². The number of hydrogen-bond donors (Lipinski definition) is 3. The van der Waals surface area contributed by atoms with Crippen LogP contribution in [0, 0.1) is 5.82 Å². The number of benzene rings is 2. The van der Waals surface area contributed by atoms with E-state index in [1.165, 1.54) is 6.07 Å². The molecule has 1 aliphatic heterocycles. The highest BCUT2D eigenvalue weighted by Crippen LogP contribution is 2.20. The molecule has 0 unspecified atom stereocenters. The Kier molecular flexibility index (Phi) is 4.64. The molecule has 26 heavy (non-hydrogen) atoms. The molecular formula is C19H19FN4O2. The van der Waals surface area contributed by atoms with Gasteiger partial charge < -0.3 is 20.4 Å². The van der Waals surface area contributed by atoms with Crippen LogP contribution in [0.1, 0.15) is 11.4 Å². The van der Waals surface area contributed by atoms with E-state index < -0.39 is 6.10 Å². The first-order valence-corrected chi connectivity index (χ1v) is 8.54. The fourth-order valence-electron chi connectivity index (χ4n) is 3.00. The Morgan fingerprint density at radius 3 is 3.00 bits per heavy atom. The third-order valence-electron chi connectivity index (χ3n) is 4.33. The van der Waals surface area contributed by atoms with Crippen LogP contribution < -0.4 is 10.6 Å². The van der Waals surface area contributed by atoms with Gasteiger partial charge in [-0.3, -0.25) is 4.79 Å². The number of imidazole rings is 1. The third-order valence-corrected chi connectivity index (χ3v) is 4.33. The van der Waals surface area contributed by atoms with Crippen molar-refractivity contribution in [3.8, 4) is 0 Å². The average molecular weight is 354 g/mol. The Morgan fingerprint density at radius 1 is 1.31 bits per heavy atom. The predicted octanol–water partition coefficient (Wildman–Crippen LogP) is 2.22. The van der Waals surface area contributed by atoms with Gasteiger partial charge in [-0.05, 0) is 29.8 Å². The number of carbonyl (C=O) groups excluding carboxylic acids is 1. The second kappa shape index (κ2) is 7.23. The molecule has 1 aliphatic rings. The number of amides is 1. The average Bonchev–Trinajstić information content (AvgIpc) is 3.06. The van der Waals surface area contributed by atoms with Gasteiger partial charge in [0, 0.05) is 25.2 Å². The number of anilines is 1. The van der Waals surface area contributed by atoms with Crippen molar-refractivity contribution in [1.82, 2.24) is 15.3 Å². The predicted molar refractivity (Wildman–Crippen MR) is 96.5 cm³/mol. The van der Waals surface area contributed by atoms with Crippen molar-refractivity contribution < 1.29 is 13.9 Å². The van der Waals surface area contributed by atoms with E-state index in [0.717, 1.165) is 17.6 Å². The van der Waals surface area contributed by atoms with Crippen LogP contribution in [0.2, 0.25) is 0 Å². The maximum atomic E-state index is 13.8. The molecule has 1 saturated heterocycles. The number of hydrogen-bond acceptors (Lipinski definition) is 4. The molecule has 1 atom stereocenters. The number of fused-ring (bicyclic) bond motifs is 1. The minimum atomic E-state index is -0.488. The molecule has 3 aromatic rings. The zero-order valence-corrected chi connectivity index (χ0v) is 14.1. The van der Waals surface area contributed by atoms with E-state index in [1.54, 1.807) is 24.3 Å². The van der Waals surface area contributed by atoms with Crippen molar-refractivity contribution in [2.24, 2.45) is 0 Å². The van der Waals surface area contributed by atoms with Gasteiger partial charge in [-0.1, -0.05) is 18.2 Å². The maximum absolute atomic E-state index is 13.8. The van der Waals surface area contributed by atoms with Crippen LogP contribution in [0.25, 0.3) is 11.0 Å². The van der Waals surface area contributed by atoms with Gasteiger partial charge in [0.15, 0.2) is 0 Å². The van der Waals surface area contributed by atoms with Crippen molar-refractivity contribution in [1.29, 1.82) is 0 Å². The van der Waals surface area contributed by atoms with Crippen LogP contribution in [0.3, 0.4) is 0 Å². The van der Waals surface area contributed by atoms with E-state index in [2.05, 4.69) is 20.6 Å². The first-order valence-electron chi connectivity index (χ1n) is 8.54. The highest BCUT2D eigenvalue weighted by molar-refractivity contribution is 5.96. The Hall–Kier alpha value is -2.77. The number of morpholine rings is 1. The zero-order chi connectivity index (χ0) is 17.9. The van der Waals surface area contributed by atoms with Gasteiger partial charge in [0.2, 0.25) is 0 Å². The van der Waals surface area contributed by atoms with Crippen molar-refractivity contribution >= 4 is 22.6 Å². The summed E-state index contributed by atoms with van der Waals surface area (Å²) in [5, 5.41) is 5.99. The van der Waals surface area contributed by atoms with Crippen LogP contribution in [-0.2, 0) is 16.0 Å². The third kappa shape index (κ3) is 3.58. The minimum absolute atomic E-state index is 0.178. The lowest BCUT2D eigenvalue weighted by Crippen LogP contribution is -2.45. The summed E-state index contributed by atoms with van der Waals surface area (Å²) < 4.78 is 19.3. The number of nitrogens with one attached hydrogen (secondary N) is 3. The van der Waals surface area contributed by atoms with Gasteiger partial charge in [-0.2, -0.15) is 0 Å². The van der Waals surface area contributed by atoms with Crippen LogP contribution in [0.15, 0.2) is 42.5 Å². The number of rotatable bonds is 4. The molecule has 0 saturated carbocycles. The Bertz CT molecular complexity index is 934. The van der Waals surface area contributed by atoms with Crippen molar-refractivity contribution in [3.63, 3.8) is 0 Å². The number of H-pyrrole nitrogens is 1. The highest BCUT2D eigenvalue weighted by Gasteiger charge is 2.21. The summed E-state index contributed by atoms with van der Waals surface area (Å²) in [5.74, 6) is 0.248. The lowest BCUT2D eigenvalue weighted by atomic mass is 10.1. The number of aromatic amines is 1. The first-order chi connectivity index (χ1) is 12.7. The lowest BCUT2D eigenvalue weighted by molar-refractivity contribution is -0.128. The number of carbonyl (C=O) groups is 1. The number of aromatic nitrogens is 2. The first kappa shape index (κ1) is 16.7.